The van der Waals surface area contributed by atoms with Crippen LogP contribution in [0.5, 0.6) is 0 Å². The van der Waals surface area contributed by atoms with Crippen LogP contribution in [0.2, 0.25) is 0 Å². The number of alkyl halides is 1. The van der Waals surface area contributed by atoms with Crippen molar-refractivity contribution in [3.63, 3.8) is 0 Å². The number of halogens is 1. The smallest absolute Gasteiger partial charge is 0.153 e. The predicted molar refractivity (Wildman–Crippen MR) is 31.4 cm³/mol. The fraction of sp³-hybridized carbons (Fsp3) is 1.00. The van der Waals surface area contributed by atoms with Gasteiger partial charge >= 0.3 is 0 Å². The average molecular weight is 117 g/mol. The predicted octanol–water partition coefficient (Wildman–Crippen LogP) is 1.40. The van der Waals surface area contributed by atoms with Crippen molar-refractivity contribution in [3.05, 3.63) is 0 Å². The molecule has 0 radical (unpaired) electrons. The highest BCUT2D eigenvalue weighted by atomic mass is 19.1. The van der Waals surface area contributed by atoms with Crippen LogP contribution in [0.25, 0.3) is 0 Å². The van der Waals surface area contributed by atoms with Crippen LogP contribution in [0.4, 0.5) is 4.39 Å². The van der Waals surface area contributed by atoms with E-state index in [2.05, 4.69) is 0 Å². The molecule has 0 spiro atoms. The van der Waals surface area contributed by atoms with E-state index in [0.717, 1.165) is 13.1 Å². The summed E-state index contributed by atoms with van der Waals surface area (Å²) in [6, 6.07) is 0. The largest absolute Gasteiger partial charge is 0.274 e. The van der Waals surface area contributed by atoms with Crippen molar-refractivity contribution < 1.29 is 4.39 Å². The van der Waals surface area contributed by atoms with Crippen molar-refractivity contribution in [1.82, 2.24) is 4.90 Å². The third-order valence-corrected chi connectivity index (χ3v) is 1.62. The summed E-state index contributed by atoms with van der Waals surface area (Å²) in [7, 11) is 0. The molecular weight excluding hydrogens is 105 g/mol. The quantitative estimate of drug-likeness (QED) is 0.494. The van der Waals surface area contributed by atoms with Crippen LogP contribution in [0, 0.1) is 0 Å². The monoisotopic (exact) mass is 117 g/mol. The van der Waals surface area contributed by atoms with Crippen LogP contribution in [0.3, 0.4) is 0 Å². The molecule has 0 aliphatic carbocycles. The highest BCUT2D eigenvalue weighted by Gasteiger charge is 2.20. The van der Waals surface area contributed by atoms with Crippen molar-refractivity contribution in [2.75, 3.05) is 13.1 Å². The molecule has 0 N–H and O–H groups in total. The molecule has 1 unspecified atom stereocenters. The number of hydrogen-bond donors (Lipinski definition) is 0. The Morgan fingerprint density at radius 1 is 1.62 bits per heavy atom. The molecule has 1 fully saturated rings. The lowest BCUT2D eigenvalue weighted by Gasteiger charge is -2.33. The van der Waals surface area contributed by atoms with Gasteiger partial charge in [-0.25, -0.2) is 4.39 Å². The SMILES string of the molecule is CCC(F)N1CCC1. The summed E-state index contributed by atoms with van der Waals surface area (Å²) in [5.74, 6) is 0. The Balaban J connectivity index is 2.13. The molecule has 1 aliphatic heterocycles. The van der Waals surface area contributed by atoms with Gasteiger partial charge < -0.3 is 0 Å². The van der Waals surface area contributed by atoms with E-state index in [9.17, 15) is 4.39 Å². The molecule has 0 aromatic rings. The third-order valence-electron chi connectivity index (χ3n) is 1.62. The lowest BCUT2D eigenvalue weighted by molar-refractivity contribution is 0.0275. The van der Waals surface area contributed by atoms with E-state index in [4.69, 9.17) is 0 Å². The molecule has 48 valence electrons. The van der Waals surface area contributed by atoms with Crippen LogP contribution in [-0.4, -0.2) is 24.3 Å². The Morgan fingerprint density at radius 3 is 2.38 bits per heavy atom. The molecule has 2 heteroatoms. The average Bonchev–Trinajstić information content (AvgIpc) is 1.62. The molecule has 1 atom stereocenters. The molecule has 0 saturated carbocycles. The standard InChI is InChI=1S/C6H12FN/c1-2-6(7)8-4-3-5-8/h6H,2-5H2,1H3. The molecule has 1 rings (SSSR count). The number of nitrogens with zero attached hydrogens (tertiary/aromatic N) is 1. The highest BCUT2D eigenvalue weighted by Crippen LogP contribution is 2.13. The second-order valence-corrected chi connectivity index (χ2v) is 2.23. The van der Waals surface area contributed by atoms with Gasteiger partial charge in [-0.05, 0) is 12.8 Å². The summed E-state index contributed by atoms with van der Waals surface area (Å²) in [6.07, 6.45) is 1.16. The normalized spacial score (nSPS) is 24.8. The minimum absolute atomic E-state index is 0.639. The maximum absolute atomic E-state index is 12.5. The van der Waals surface area contributed by atoms with E-state index in [0.29, 0.717) is 6.42 Å². The zero-order chi connectivity index (χ0) is 5.98. The molecular formula is C6H12FN. The van der Waals surface area contributed by atoms with Crippen LogP contribution in [0.15, 0.2) is 0 Å². The first-order valence-corrected chi connectivity index (χ1v) is 3.22. The summed E-state index contributed by atoms with van der Waals surface area (Å²) in [5.41, 5.74) is 0. The minimum atomic E-state index is -0.663. The summed E-state index contributed by atoms with van der Waals surface area (Å²) in [6.45, 7) is 3.81. The first-order valence-electron chi connectivity index (χ1n) is 3.22. The lowest BCUT2D eigenvalue weighted by atomic mass is 10.2. The van der Waals surface area contributed by atoms with Gasteiger partial charge in [-0.1, -0.05) is 6.92 Å². The van der Waals surface area contributed by atoms with Crippen molar-refractivity contribution >= 4 is 0 Å². The van der Waals surface area contributed by atoms with Gasteiger partial charge in [0.25, 0.3) is 0 Å². The molecule has 0 amide bonds. The summed E-state index contributed by atoms with van der Waals surface area (Å²) in [5, 5.41) is 0. The number of hydrogen-bond acceptors (Lipinski definition) is 1. The number of likely N-dealkylation sites (tertiary alicyclic amines) is 1. The van der Waals surface area contributed by atoms with Crippen molar-refractivity contribution in [2.45, 2.75) is 26.1 Å². The Kier molecular flexibility index (Phi) is 1.84. The molecule has 1 nitrogen and oxygen atoms in total. The van der Waals surface area contributed by atoms with Gasteiger partial charge in [0.2, 0.25) is 0 Å². The van der Waals surface area contributed by atoms with Crippen molar-refractivity contribution in [3.8, 4) is 0 Å². The van der Waals surface area contributed by atoms with E-state index in [1.807, 2.05) is 11.8 Å². The molecule has 8 heavy (non-hydrogen) atoms. The second-order valence-electron chi connectivity index (χ2n) is 2.23. The zero-order valence-electron chi connectivity index (χ0n) is 5.23. The van der Waals surface area contributed by atoms with E-state index >= 15 is 0 Å². The molecule has 1 heterocycles. The Labute approximate surface area is 49.5 Å². The van der Waals surface area contributed by atoms with Gasteiger partial charge in [-0.15, -0.1) is 0 Å². The van der Waals surface area contributed by atoms with E-state index < -0.39 is 6.30 Å². The molecule has 0 bridgehead atoms. The second kappa shape index (κ2) is 2.44. The van der Waals surface area contributed by atoms with Crippen LogP contribution in [0.1, 0.15) is 19.8 Å². The Morgan fingerprint density at radius 2 is 2.25 bits per heavy atom. The van der Waals surface area contributed by atoms with E-state index in [1.165, 1.54) is 6.42 Å². The van der Waals surface area contributed by atoms with Gasteiger partial charge in [-0.2, -0.15) is 0 Å². The van der Waals surface area contributed by atoms with E-state index in [-0.39, 0.29) is 0 Å². The first-order chi connectivity index (χ1) is 3.84. The maximum atomic E-state index is 12.5. The summed E-state index contributed by atoms with van der Waals surface area (Å²) >= 11 is 0. The number of rotatable bonds is 2. The van der Waals surface area contributed by atoms with Gasteiger partial charge in [0.1, 0.15) is 0 Å². The zero-order valence-corrected chi connectivity index (χ0v) is 5.23. The Hall–Kier alpha value is -0.110. The molecule has 0 aromatic carbocycles. The molecule has 1 saturated heterocycles. The van der Waals surface area contributed by atoms with E-state index in [1.54, 1.807) is 0 Å². The van der Waals surface area contributed by atoms with Crippen molar-refractivity contribution in [2.24, 2.45) is 0 Å². The lowest BCUT2D eigenvalue weighted by Crippen LogP contribution is -2.42. The van der Waals surface area contributed by atoms with Gasteiger partial charge in [0, 0.05) is 13.1 Å². The van der Waals surface area contributed by atoms with Crippen LogP contribution < -0.4 is 0 Å². The fourth-order valence-electron chi connectivity index (χ4n) is 0.879. The maximum Gasteiger partial charge on any atom is 0.153 e. The van der Waals surface area contributed by atoms with Crippen molar-refractivity contribution in [1.29, 1.82) is 0 Å². The van der Waals surface area contributed by atoms with Gasteiger partial charge in [0.05, 0.1) is 0 Å². The highest BCUT2D eigenvalue weighted by molar-refractivity contribution is 4.70. The Bertz CT molecular complexity index is 68.2. The molecule has 1 aliphatic rings. The topological polar surface area (TPSA) is 3.24 Å². The minimum Gasteiger partial charge on any atom is -0.274 e. The molecule has 0 aromatic heterocycles. The van der Waals surface area contributed by atoms with Crippen LogP contribution in [-0.2, 0) is 0 Å². The van der Waals surface area contributed by atoms with Gasteiger partial charge in [0.15, 0.2) is 6.30 Å². The first kappa shape index (κ1) is 6.02. The summed E-state index contributed by atoms with van der Waals surface area (Å²) in [4.78, 5) is 1.86. The fourth-order valence-corrected chi connectivity index (χ4v) is 0.879. The summed E-state index contributed by atoms with van der Waals surface area (Å²) < 4.78 is 12.5. The van der Waals surface area contributed by atoms with Crippen LogP contribution >= 0.6 is 0 Å². The van der Waals surface area contributed by atoms with Gasteiger partial charge in [-0.3, -0.25) is 4.90 Å². The third kappa shape index (κ3) is 0.996.